The average Bonchev–Trinajstić information content (AvgIpc) is 2.72. The summed E-state index contributed by atoms with van der Waals surface area (Å²) in [6, 6.07) is 12.6. The number of rotatable bonds is 3. The molecule has 0 aliphatic carbocycles. The van der Waals surface area contributed by atoms with Gasteiger partial charge in [0.1, 0.15) is 0 Å². The first kappa shape index (κ1) is 9.56. The lowest BCUT2D eigenvalue weighted by Gasteiger charge is -1.98. The van der Waals surface area contributed by atoms with Crippen LogP contribution >= 0.6 is 23.1 Å². The zero-order valence-corrected chi connectivity index (χ0v) is 9.28. The lowest BCUT2D eigenvalue weighted by atomic mass is 10.2. The minimum absolute atomic E-state index is 1.17. The number of thiophene rings is 1. The van der Waals surface area contributed by atoms with Gasteiger partial charge in [-0.1, -0.05) is 42.6 Å². The molecule has 0 spiro atoms. The Labute approximate surface area is 92.3 Å². The van der Waals surface area contributed by atoms with Gasteiger partial charge in [0, 0.05) is 4.90 Å². The molecule has 0 nitrogen and oxygen atoms in total. The molecule has 0 atom stereocenters. The third-order valence-electron chi connectivity index (χ3n) is 1.83. The highest BCUT2D eigenvalue weighted by Gasteiger charge is 1.96. The van der Waals surface area contributed by atoms with Crippen LogP contribution in [-0.4, -0.2) is 0 Å². The fourth-order valence-electron chi connectivity index (χ4n) is 1.11. The van der Waals surface area contributed by atoms with Gasteiger partial charge < -0.3 is 0 Å². The summed E-state index contributed by atoms with van der Waals surface area (Å²) in [7, 11) is 0. The SMILES string of the molecule is C=Cc1ccc(Sc2cccs2)cc1. The molecular formula is C12H10S2. The van der Waals surface area contributed by atoms with Gasteiger partial charge in [-0.15, -0.1) is 11.3 Å². The van der Waals surface area contributed by atoms with Gasteiger partial charge in [-0.3, -0.25) is 0 Å². The van der Waals surface area contributed by atoms with Crippen LogP contribution in [0.15, 0.2) is 57.5 Å². The van der Waals surface area contributed by atoms with E-state index in [9.17, 15) is 0 Å². The average molecular weight is 218 g/mol. The second kappa shape index (κ2) is 4.49. The maximum absolute atomic E-state index is 3.73. The van der Waals surface area contributed by atoms with Crippen molar-refractivity contribution in [2.75, 3.05) is 0 Å². The molecular weight excluding hydrogens is 208 g/mol. The smallest absolute Gasteiger partial charge is 0.0646 e. The van der Waals surface area contributed by atoms with Crippen LogP contribution in [0.2, 0.25) is 0 Å². The first-order valence-corrected chi connectivity index (χ1v) is 6.02. The summed E-state index contributed by atoms with van der Waals surface area (Å²) in [5.41, 5.74) is 1.17. The molecule has 1 aromatic heterocycles. The van der Waals surface area contributed by atoms with E-state index in [1.54, 1.807) is 23.1 Å². The fourth-order valence-corrected chi connectivity index (χ4v) is 2.86. The van der Waals surface area contributed by atoms with Crippen LogP contribution in [0.4, 0.5) is 0 Å². The number of benzene rings is 1. The summed E-state index contributed by atoms with van der Waals surface area (Å²) in [6.07, 6.45) is 1.86. The zero-order valence-electron chi connectivity index (χ0n) is 7.64. The third kappa shape index (κ3) is 2.28. The van der Waals surface area contributed by atoms with Gasteiger partial charge in [0.25, 0.3) is 0 Å². The molecule has 0 amide bonds. The van der Waals surface area contributed by atoms with E-state index in [2.05, 4.69) is 48.4 Å². The Hall–Kier alpha value is -0.990. The molecule has 1 heterocycles. The van der Waals surface area contributed by atoms with E-state index in [-0.39, 0.29) is 0 Å². The highest BCUT2D eigenvalue weighted by atomic mass is 32.2. The lowest BCUT2D eigenvalue weighted by molar-refractivity contribution is 1.44. The van der Waals surface area contributed by atoms with Crippen LogP contribution in [-0.2, 0) is 0 Å². The van der Waals surface area contributed by atoms with Gasteiger partial charge in [0.2, 0.25) is 0 Å². The summed E-state index contributed by atoms with van der Waals surface area (Å²) in [5.74, 6) is 0. The molecule has 0 saturated carbocycles. The van der Waals surface area contributed by atoms with Gasteiger partial charge in [0.15, 0.2) is 0 Å². The van der Waals surface area contributed by atoms with Gasteiger partial charge in [-0.05, 0) is 29.1 Å². The molecule has 0 bridgehead atoms. The van der Waals surface area contributed by atoms with Crippen LogP contribution in [0.5, 0.6) is 0 Å². The van der Waals surface area contributed by atoms with Crippen molar-refractivity contribution in [2.24, 2.45) is 0 Å². The largest absolute Gasteiger partial charge is 0.137 e. The molecule has 0 aliphatic rings. The van der Waals surface area contributed by atoms with Crippen LogP contribution in [0.1, 0.15) is 5.56 Å². The third-order valence-corrected chi connectivity index (χ3v) is 3.87. The van der Waals surface area contributed by atoms with Crippen molar-refractivity contribution in [1.82, 2.24) is 0 Å². The predicted octanol–water partition coefficient (Wildman–Crippen LogP) is 4.54. The predicted molar refractivity (Wildman–Crippen MR) is 65.0 cm³/mol. The molecule has 2 aromatic rings. The first-order valence-electron chi connectivity index (χ1n) is 4.32. The minimum atomic E-state index is 1.17. The highest BCUT2D eigenvalue weighted by Crippen LogP contribution is 2.31. The van der Waals surface area contributed by atoms with E-state index >= 15 is 0 Å². The molecule has 0 fully saturated rings. The minimum Gasteiger partial charge on any atom is -0.137 e. The summed E-state index contributed by atoms with van der Waals surface area (Å²) in [6.45, 7) is 3.73. The fraction of sp³-hybridized carbons (Fsp3) is 0. The monoisotopic (exact) mass is 218 g/mol. The van der Waals surface area contributed by atoms with Crippen LogP contribution < -0.4 is 0 Å². The van der Waals surface area contributed by atoms with Crippen molar-refractivity contribution in [3.63, 3.8) is 0 Å². The van der Waals surface area contributed by atoms with Crippen LogP contribution in [0.3, 0.4) is 0 Å². The Balaban J connectivity index is 2.14. The molecule has 70 valence electrons. The Kier molecular flexibility index (Phi) is 3.07. The van der Waals surface area contributed by atoms with Crippen molar-refractivity contribution >= 4 is 29.2 Å². The maximum Gasteiger partial charge on any atom is 0.0646 e. The Morgan fingerprint density at radius 3 is 2.50 bits per heavy atom. The van der Waals surface area contributed by atoms with Gasteiger partial charge in [-0.25, -0.2) is 0 Å². The highest BCUT2D eigenvalue weighted by molar-refractivity contribution is 8.01. The molecule has 0 saturated heterocycles. The molecule has 2 heteroatoms. The Morgan fingerprint density at radius 2 is 1.93 bits per heavy atom. The van der Waals surface area contributed by atoms with Crippen molar-refractivity contribution in [1.29, 1.82) is 0 Å². The number of hydrogen-bond acceptors (Lipinski definition) is 2. The van der Waals surface area contributed by atoms with E-state index in [1.165, 1.54) is 14.7 Å². The Morgan fingerprint density at radius 1 is 1.14 bits per heavy atom. The Bertz CT molecular complexity index is 398. The van der Waals surface area contributed by atoms with Crippen molar-refractivity contribution in [2.45, 2.75) is 9.10 Å². The second-order valence-corrected chi connectivity index (χ2v) is 5.13. The standard InChI is InChI=1S/C12H10S2/c1-2-10-5-7-11(8-6-10)14-12-4-3-9-13-12/h2-9H,1H2. The molecule has 2 rings (SSSR count). The maximum atomic E-state index is 3.73. The zero-order chi connectivity index (χ0) is 9.80. The van der Waals surface area contributed by atoms with Crippen LogP contribution in [0, 0.1) is 0 Å². The van der Waals surface area contributed by atoms with Gasteiger partial charge >= 0.3 is 0 Å². The van der Waals surface area contributed by atoms with E-state index in [0.29, 0.717) is 0 Å². The second-order valence-electron chi connectivity index (χ2n) is 2.81. The molecule has 1 aromatic carbocycles. The lowest BCUT2D eigenvalue weighted by Crippen LogP contribution is -1.72. The summed E-state index contributed by atoms with van der Waals surface area (Å²) >= 11 is 3.57. The molecule has 0 aliphatic heterocycles. The van der Waals surface area contributed by atoms with Gasteiger partial charge in [-0.2, -0.15) is 0 Å². The first-order chi connectivity index (χ1) is 6.88. The topological polar surface area (TPSA) is 0 Å². The molecule has 0 radical (unpaired) electrons. The van der Waals surface area contributed by atoms with E-state index in [0.717, 1.165) is 0 Å². The summed E-state index contributed by atoms with van der Waals surface area (Å²) < 4.78 is 1.33. The number of hydrogen-bond donors (Lipinski definition) is 0. The van der Waals surface area contributed by atoms with Crippen molar-refractivity contribution < 1.29 is 0 Å². The van der Waals surface area contributed by atoms with Gasteiger partial charge in [0.05, 0.1) is 4.21 Å². The van der Waals surface area contributed by atoms with E-state index in [1.807, 2.05) is 6.08 Å². The molecule has 0 N–H and O–H groups in total. The van der Waals surface area contributed by atoms with Crippen molar-refractivity contribution in [3.8, 4) is 0 Å². The summed E-state index contributed by atoms with van der Waals surface area (Å²) in [5, 5.41) is 2.10. The van der Waals surface area contributed by atoms with E-state index < -0.39 is 0 Å². The quantitative estimate of drug-likeness (QED) is 0.728. The molecule has 14 heavy (non-hydrogen) atoms. The van der Waals surface area contributed by atoms with E-state index in [4.69, 9.17) is 0 Å². The summed E-state index contributed by atoms with van der Waals surface area (Å²) in [4.78, 5) is 1.28. The van der Waals surface area contributed by atoms with Crippen molar-refractivity contribution in [3.05, 3.63) is 53.9 Å². The molecule has 0 unspecified atom stereocenters. The normalized spacial score (nSPS) is 10.0. The van der Waals surface area contributed by atoms with Crippen LogP contribution in [0.25, 0.3) is 6.08 Å².